The molecule has 0 heterocycles. The molecule has 2 heteroatoms. The third kappa shape index (κ3) is 3.85. The van der Waals surface area contributed by atoms with E-state index in [1.165, 1.54) is 63.4 Å². The first-order valence-corrected chi connectivity index (χ1v) is 14.3. The molecule has 0 spiro atoms. The van der Waals surface area contributed by atoms with Gasteiger partial charge in [-0.3, -0.25) is 4.79 Å². The summed E-state index contributed by atoms with van der Waals surface area (Å²) in [7, 11) is 0. The highest BCUT2D eigenvalue weighted by Crippen LogP contribution is 2.72. The summed E-state index contributed by atoms with van der Waals surface area (Å²) in [6, 6.07) is 0. The van der Waals surface area contributed by atoms with Gasteiger partial charge in [0.15, 0.2) is 0 Å². The fourth-order valence-corrected chi connectivity index (χ4v) is 9.86. The topological polar surface area (TPSA) is 26.3 Å². The minimum absolute atomic E-state index is 0.0382. The number of hydrogen-bond acceptors (Lipinski definition) is 2. The summed E-state index contributed by atoms with van der Waals surface area (Å²) in [4.78, 5) is 11.8. The fourth-order valence-electron chi connectivity index (χ4n) is 9.86. The normalized spacial score (nSPS) is 41.7. The van der Waals surface area contributed by atoms with Crippen LogP contribution in [-0.4, -0.2) is 12.1 Å². The molecule has 0 bridgehead atoms. The predicted molar refractivity (Wildman–Crippen MR) is 142 cm³/mol. The first-order valence-electron chi connectivity index (χ1n) is 14.3. The molecule has 0 aliphatic heterocycles. The SMILES string of the molecule is CC(=O)OC1CCC2(C)C3=C(CCC2C1(C)C)[C@]1(C)CCC(C(C)CCC=C(C)C)[C@]1(C)CC3. The first-order chi connectivity index (χ1) is 15.8. The minimum Gasteiger partial charge on any atom is -0.462 e. The van der Waals surface area contributed by atoms with E-state index in [1.807, 2.05) is 11.1 Å². The molecular formula is C32H52O2. The number of carbonyl (C=O) groups is 1. The molecule has 0 aromatic rings. The molecule has 5 unspecified atom stereocenters. The number of fused-ring (bicyclic) bond motifs is 4. The highest BCUT2D eigenvalue weighted by atomic mass is 16.5. The molecule has 4 aliphatic rings. The Hall–Kier alpha value is -1.05. The Labute approximate surface area is 210 Å². The van der Waals surface area contributed by atoms with Crippen molar-refractivity contribution in [2.24, 2.45) is 39.4 Å². The van der Waals surface area contributed by atoms with Gasteiger partial charge in [-0.25, -0.2) is 0 Å². The van der Waals surface area contributed by atoms with Crippen LogP contribution in [0.4, 0.5) is 0 Å². The highest BCUT2D eigenvalue weighted by molar-refractivity contribution is 5.66. The number of ether oxygens (including phenoxy) is 1. The van der Waals surface area contributed by atoms with E-state index in [-0.39, 0.29) is 22.9 Å². The predicted octanol–water partition coefficient (Wildman–Crippen LogP) is 9.05. The van der Waals surface area contributed by atoms with Crippen LogP contribution in [0.25, 0.3) is 0 Å². The van der Waals surface area contributed by atoms with Crippen molar-refractivity contribution in [3.63, 3.8) is 0 Å². The van der Waals surface area contributed by atoms with Gasteiger partial charge in [0.05, 0.1) is 0 Å². The zero-order chi connectivity index (χ0) is 25.1. The summed E-state index contributed by atoms with van der Waals surface area (Å²) < 4.78 is 5.87. The number of allylic oxidation sites excluding steroid dienone is 4. The first kappa shape index (κ1) is 26.0. The second kappa shape index (κ2) is 8.81. The molecule has 0 amide bonds. The van der Waals surface area contributed by atoms with Gasteiger partial charge in [0.2, 0.25) is 0 Å². The van der Waals surface area contributed by atoms with Gasteiger partial charge in [-0.15, -0.1) is 0 Å². The summed E-state index contributed by atoms with van der Waals surface area (Å²) in [5, 5.41) is 0. The van der Waals surface area contributed by atoms with Crippen molar-refractivity contribution in [2.75, 3.05) is 0 Å². The van der Waals surface area contributed by atoms with Crippen molar-refractivity contribution >= 4 is 5.97 Å². The van der Waals surface area contributed by atoms with E-state index >= 15 is 0 Å². The van der Waals surface area contributed by atoms with E-state index in [1.54, 1.807) is 6.92 Å². The smallest absolute Gasteiger partial charge is 0.302 e. The Bertz CT molecular complexity index is 873. The van der Waals surface area contributed by atoms with E-state index in [0.717, 1.165) is 18.3 Å². The quantitative estimate of drug-likeness (QED) is 0.297. The lowest BCUT2D eigenvalue weighted by Crippen LogP contribution is -2.55. The highest BCUT2D eigenvalue weighted by Gasteiger charge is 2.63. The van der Waals surface area contributed by atoms with E-state index in [4.69, 9.17) is 4.74 Å². The second-order valence-corrected chi connectivity index (χ2v) is 14.2. The van der Waals surface area contributed by atoms with Crippen molar-refractivity contribution < 1.29 is 9.53 Å². The third-order valence-corrected chi connectivity index (χ3v) is 11.9. The molecule has 0 aromatic heterocycles. The maximum Gasteiger partial charge on any atom is 0.302 e. The monoisotopic (exact) mass is 468 g/mol. The molecule has 4 aliphatic carbocycles. The van der Waals surface area contributed by atoms with Gasteiger partial charge >= 0.3 is 5.97 Å². The van der Waals surface area contributed by atoms with Gasteiger partial charge in [0, 0.05) is 12.3 Å². The zero-order valence-corrected chi connectivity index (χ0v) is 23.8. The van der Waals surface area contributed by atoms with Crippen LogP contribution in [0.2, 0.25) is 0 Å². The second-order valence-electron chi connectivity index (χ2n) is 14.2. The third-order valence-electron chi connectivity index (χ3n) is 11.9. The van der Waals surface area contributed by atoms with Gasteiger partial charge in [-0.05, 0) is 112 Å². The molecule has 0 radical (unpaired) electrons. The standard InChI is InChI=1S/C32H52O2/c1-21(2)11-10-12-22(3)24-15-19-32(9)26-13-14-27-29(5,6)28(34-23(4)33)17-18-30(27,7)25(26)16-20-31(24,32)8/h11,22,24,27-28H,10,12-20H2,1-9H3/t22?,24?,27?,28?,30?,31-,32-/m0/s1. The average molecular weight is 469 g/mol. The van der Waals surface area contributed by atoms with Gasteiger partial charge in [0.25, 0.3) is 0 Å². The van der Waals surface area contributed by atoms with Crippen molar-refractivity contribution in [1.82, 2.24) is 0 Å². The van der Waals surface area contributed by atoms with Gasteiger partial charge in [0.1, 0.15) is 6.10 Å². The largest absolute Gasteiger partial charge is 0.462 e. The van der Waals surface area contributed by atoms with Crippen LogP contribution in [0.1, 0.15) is 127 Å². The van der Waals surface area contributed by atoms with Crippen LogP contribution >= 0.6 is 0 Å². The van der Waals surface area contributed by atoms with Crippen molar-refractivity contribution in [2.45, 2.75) is 133 Å². The van der Waals surface area contributed by atoms with Gasteiger partial charge < -0.3 is 4.74 Å². The van der Waals surface area contributed by atoms with E-state index < -0.39 is 0 Å². The lowest BCUT2D eigenvalue weighted by molar-refractivity contribution is -0.167. The Morgan fingerprint density at radius 3 is 2.32 bits per heavy atom. The van der Waals surface area contributed by atoms with Crippen LogP contribution in [0.5, 0.6) is 0 Å². The van der Waals surface area contributed by atoms with Gasteiger partial charge in [-0.2, -0.15) is 0 Å². The Balaban J connectivity index is 1.63. The molecule has 7 atom stereocenters. The Morgan fingerprint density at radius 1 is 0.971 bits per heavy atom. The molecule has 192 valence electrons. The van der Waals surface area contributed by atoms with Crippen LogP contribution in [-0.2, 0) is 9.53 Å². The number of carbonyl (C=O) groups excluding carboxylic acids is 1. The Morgan fingerprint density at radius 2 is 1.68 bits per heavy atom. The van der Waals surface area contributed by atoms with E-state index in [2.05, 4.69) is 61.5 Å². The average Bonchev–Trinajstić information content (AvgIpc) is 3.01. The molecule has 2 fully saturated rings. The Kier molecular flexibility index (Phi) is 6.74. The molecule has 0 N–H and O–H groups in total. The van der Waals surface area contributed by atoms with Crippen molar-refractivity contribution in [3.8, 4) is 0 Å². The lowest BCUT2D eigenvalue weighted by atomic mass is 9.43. The molecule has 2 saturated carbocycles. The molecule has 2 nitrogen and oxygen atoms in total. The molecule has 4 rings (SSSR count). The van der Waals surface area contributed by atoms with Crippen LogP contribution in [0.15, 0.2) is 22.8 Å². The maximum absolute atomic E-state index is 11.8. The summed E-state index contributed by atoms with van der Waals surface area (Å²) in [5.74, 6) is 2.13. The van der Waals surface area contributed by atoms with Gasteiger partial charge in [-0.1, -0.05) is 64.3 Å². The van der Waals surface area contributed by atoms with Crippen molar-refractivity contribution in [3.05, 3.63) is 22.8 Å². The summed E-state index contributed by atoms with van der Waals surface area (Å²) in [6.07, 6.45) is 15.2. The number of hydrogen-bond donors (Lipinski definition) is 0. The maximum atomic E-state index is 11.8. The summed E-state index contributed by atoms with van der Waals surface area (Å²) >= 11 is 0. The van der Waals surface area contributed by atoms with E-state index in [9.17, 15) is 4.79 Å². The summed E-state index contributed by atoms with van der Waals surface area (Å²) in [5.41, 5.74) is 6.25. The lowest BCUT2D eigenvalue weighted by Gasteiger charge is -2.62. The molecular weight excluding hydrogens is 416 g/mol. The number of esters is 1. The van der Waals surface area contributed by atoms with Crippen LogP contribution in [0, 0.1) is 39.4 Å². The molecule has 0 saturated heterocycles. The fraction of sp³-hybridized carbons (Fsp3) is 0.844. The molecule has 0 aromatic carbocycles. The van der Waals surface area contributed by atoms with Crippen LogP contribution in [0.3, 0.4) is 0 Å². The van der Waals surface area contributed by atoms with E-state index in [0.29, 0.717) is 16.7 Å². The number of rotatable bonds is 5. The van der Waals surface area contributed by atoms with Crippen LogP contribution < -0.4 is 0 Å². The summed E-state index contributed by atoms with van der Waals surface area (Å²) in [6.45, 7) is 21.2. The zero-order valence-electron chi connectivity index (χ0n) is 23.8. The molecule has 34 heavy (non-hydrogen) atoms. The van der Waals surface area contributed by atoms with Crippen molar-refractivity contribution in [1.29, 1.82) is 0 Å². The minimum atomic E-state index is -0.117.